The molecule has 0 aliphatic heterocycles. The maximum Gasteiger partial charge on any atom is 0.417 e. The summed E-state index contributed by atoms with van der Waals surface area (Å²) in [7, 11) is -3.80. The average molecular weight is 314 g/mol. The van der Waals surface area contributed by atoms with Gasteiger partial charge >= 0.3 is 6.18 Å². The first kappa shape index (κ1) is 14.1. The lowest BCUT2D eigenvalue weighted by Gasteiger charge is -2.08. The molecule has 0 saturated heterocycles. The molecule has 2 heterocycles. The Kier molecular flexibility index (Phi) is 3.21. The number of halogens is 4. The number of sulfone groups is 1. The molecule has 0 radical (unpaired) electrons. The van der Waals surface area contributed by atoms with Gasteiger partial charge in [0.05, 0.1) is 16.3 Å². The highest BCUT2D eigenvalue weighted by molar-refractivity contribution is 7.91. The van der Waals surface area contributed by atoms with Crippen molar-refractivity contribution >= 4 is 27.1 Å². The van der Waals surface area contributed by atoms with E-state index in [0.717, 1.165) is 4.40 Å². The highest BCUT2D eigenvalue weighted by atomic mass is 35.5. The van der Waals surface area contributed by atoms with Gasteiger partial charge in [-0.15, -0.1) is 10.2 Å². The molecule has 2 aromatic heterocycles. The van der Waals surface area contributed by atoms with E-state index in [1.165, 1.54) is 6.92 Å². The molecule has 0 fully saturated rings. The van der Waals surface area contributed by atoms with Gasteiger partial charge in [0.15, 0.2) is 5.65 Å². The number of pyridine rings is 1. The predicted octanol–water partition coefficient (Wildman–Crippen LogP) is 2.20. The van der Waals surface area contributed by atoms with E-state index in [4.69, 9.17) is 11.6 Å². The van der Waals surface area contributed by atoms with Crippen LogP contribution in [0.4, 0.5) is 13.2 Å². The summed E-state index contributed by atoms with van der Waals surface area (Å²) in [4.78, 5) is 0. The van der Waals surface area contributed by atoms with Gasteiger partial charge in [-0.25, -0.2) is 8.42 Å². The van der Waals surface area contributed by atoms with Crippen LogP contribution in [0.1, 0.15) is 12.5 Å². The van der Waals surface area contributed by atoms with Crippen molar-refractivity contribution in [3.63, 3.8) is 0 Å². The van der Waals surface area contributed by atoms with Gasteiger partial charge in [0.2, 0.25) is 9.84 Å². The molecule has 0 bridgehead atoms. The summed E-state index contributed by atoms with van der Waals surface area (Å²) in [6, 6.07) is 0.675. The summed E-state index contributed by atoms with van der Waals surface area (Å²) >= 11 is 5.66. The summed E-state index contributed by atoms with van der Waals surface area (Å²) < 4.78 is 62.1. The van der Waals surface area contributed by atoms with Crippen LogP contribution in [0, 0.1) is 0 Å². The Morgan fingerprint density at radius 1 is 1.37 bits per heavy atom. The zero-order valence-electron chi connectivity index (χ0n) is 9.44. The van der Waals surface area contributed by atoms with Crippen LogP contribution in [0.2, 0.25) is 5.02 Å². The number of nitrogens with zero attached hydrogens (tertiary/aromatic N) is 3. The van der Waals surface area contributed by atoms with Crippen LogP contribution in [-0.2, 0) is 16.0 Å². The molecular weight excluding hydrogens is 307 g/mol. The Morgan fingerprint density at radius 3 is 2.53 bits per heavy atom. The van der Waals surface area contributed by atoms with Crippen molar-refractivity contribution in [3.8, 4) is 0 Å². The second-order valence-electron chi connectivity index (χ2n) is 3.65. The molecule has 0 spiro atoms. The third kappa shape index (κ3) is 2.39. The van der Waals surface area contributed by atoms with Gasteiger partial charge in [-0.2, -0.15) is 13.2 Å². The van der Waals surface area contributed by atoms with E-state index < -0.39 is 26.7 Å². The van der Waals surface area contributed by atoms with Crippen LogP contribution in [0.15, 0.2) is 17.4 Å². The number of rotatable bonds is 2. The monoisotopic (exact) mass is 313 g/mol. The molecule has 10 heteroatoms. The molecular formula is C9H7ClF3N3O2S. The minimum atomic E-state index is -4.64. The minimum Gasteiger partial charge on any atom is -0.271 e. The Balaban J connectivity index is 2.82. The van der Waals surface area contributed by atoms with Crippen molar-refractivity contribution in [1.29, 1.82) is 0 Å². The van der Waals surface area contributed by atoms with Crippen LogP contribution in [-0.4, -0.2) is 28.8 Å². The highest BCUT2D eigenvalue weighted by Gasteiger charge is 2.33. The quantitative estimate of drug-likeness (QED) is 0.852. The number of hydrogen-bond acceptors (Lipinski definition) is 4. The van der Waals surface area contributed by atoms with Crippen molar-refractivity contribution in [1.82, 2.24) is 14.6 Å². The second kappa shape index (κ2) is 4.34. The van der Waals surface area contributed by atoms with E-state index in [9.17, 15) is 21.6 Å². The predicted molar refractivity (Wildman–Crippen MR) is 60.7 cm³/mol. The van der Waals surface area contributed by atoms with Gasteiger partial charge in [-0.3, -0.25) is 4.40 Å². The average Bonchev–Trinajstić information content (AvgIpc) is 2.72. The summed E-state index contributed by atoms with van der Waals surface area (Å²) in [5.74, 6) is -0.304. The third-order valence-corrected chi connectivity index (χ3v) is 4.29. The van der Waals surface area contributed by atoms with Crippen LogP contribution in [0.3, 0.4) is 0 Å². The molecule has 19 heavy (non-hydrogen) atoms. The van der Waals surface area contributed by atoms with E-state index in [1.807, 2.05) is 0 Å². The first-order valence-corrected chi connectivity index (χ1v) is 7.04. The Hall–Kier alpha value is -1.35. The van der Waals surface area contributed by atoms with Crippen LogP contribution < -0.4 is 0 Å². The summed E-state index contributed by atoms with van der Waals surface area (Å²) in [6.07, 6.45) is -4.03. The number of fused-ring (bicyclic) bond motifs is 1. The van der Waals surface area contributed by atoms with Gasteiger partial charge in [0.1, 0.15) is 0 Å². The first-order chi connectivity index (χ1) is 8.66. The fourth-order valence-corrected chi connectivity index (χ4v) is 2.54. The van der Waals surface area contributed by atoms with E-state index in [2.05, 4.69) is 10.2 Å². The van der Waals surface area contributed by atoms with Gasteiger partial charge in [-0.05, 0) is 6.07 Å². The third-order valence-electron chi connectivity index (χ3n) is 2.41. The molecule has 0 amide bonds. The summed E-state index contributed by atoms with van der Waals surface area (Å²) in [6.45, 7) is 1.35. The molecule has 0 aliphatic rings. The van der Waals surface area contributed by atoms with Crippen LogP contribution in [0.25, 0.3) is 5.65 Å². The molecule has 0 unspecified atom stereocenters. The van der Waals surface area contributed by atoms with Crippen molar-refractivity contribution < 1.29 is 21.6 Å². The molecule has 104 valence electrons. The molecule has 0 aliphatic carbocycles. The second-order valence-corrected chi connectivity index (χ2v) is 6.23. The smallest absolute Gasteiger partial charge is 0.271 e. The molecule has 0 aromatic carbocycles. The number of hydrogen-bond donors (Lipinski definition) is 0. The molecule has 5 nitrogen and oxygen atoms in total. The zero-order chi connectivity index (χ0) is 14.4. The van der Waals surface area contributed by atoms with E-state index in [0.29, 0.717) is 12.3 Å². The minimum absolute atomic E-state index is 0.137. The topological polar surface area (TPSA) is 64.3 Å². The Morgan fingerprint density at radius 2 is 2.00 bits per heavy atom. The van der Waals surface area contributed by atoms with Gasteiger partial charge in [0, 0.05) is 6.20 Å². The summed E-state index contributed by atoms with van der Waals surface area (Å²) in [5, 5.41) is 6.01. The standard InChI is InChI=1S/C9H7ClF3N3O2S/c1-2-19(17,18)8-15-14-7-6(10)3-5(4-16(7)8)9(11,12)13/h3-4H,2H2,1H3. The van der Waals surface area contributed by atoms with E-state index >= 15 is 0 Å². The normalized spacial score (nSPS) is 13.1. The molecule has 0 atom stereocenters. The van der Waals surface area contributed by atoms with Crippen molar-refractivity contribution in [2.75, 3.05) is 5.75 Å². The van der Waals surface area contributed by atoms with Crippen molar-refractivity contribution in [2.45, 2.75) is 18.3 Å². The van der Waals surface area contributed by atoms with Crippen molar-refractivity contribution in [3.05, 3.63) is 22.8 Å². The SMILES string of the molecule is CCS(=O)(=O)c1nnc2c(Cl)cc(C(F)(F)F)cn12. The molecule has 2 rings (SSSR count). The van der Waals surface area contributed by atoms with Gasteiger partial charge in [0.25, 0.3) is 5.16 Å². The van der Waals surface area contributed by atoms with Crippen LogP contribution in [0.5, 0.6) is 0 Å². The highest BCUT2D eigenvalue weighted by Crippen LogP contribution is 2.32. The first-order valence-electron chi connectivity index (χ1n) is 5.01. The number of aromatic nitrogens is 3. The molecule has 0 saturated carbocycles. The Labute approximate surface area is 110 Å². The van der Waals surface area contributed by atoms with E-state index in [1.54, 1.807) is 0 Å². The van der Waals surface area contributed by atoms with Crippen LogP contribution >= 0.6 is 11.6 Å². The molecule has 0 N–H and O–H groups in total. The van der Waals surface area contributed by atoms with Gasteiger partial charge < -0.3 is 0 Å². The zero-order valence-corrected chi connectivity index (χ0v) is 11.0. The molecule has 2 aromatic rings. The number of alkyl halides is 3. The fourth-order valence-electron chi connectivity index (χ4n) is 1.43. The van der Waals surface area contributed by atoms with Crippen molar-refractivity contribution in [2.24, 2.45) is 0 Å². The summed E-state index contributed by atoms with van der Waals surface area (Å²) in [5.41, 5.74) is -1.21. The Bertz CT molecular complexity index is 739. The maximum atomic E-state index is 12.6. The lowest BCUT2D eigenvalue weighted by Crippen LogP contribution is -2.11. The van der Waals surface area contributed by atoms with E-state index in [-0.39, 0.29) is 16.4 Å². The lowest BCUT2D eigenvalue weighted by molar-refractivity contribution is -0.137. The van der Waals surface area contributed by atoms with Gasteiger partial charge in [-0.1, -0.05) is 18.5 Å². The largest absolute Gasteiger partial charge is 0.417 e. The lowest BCUT2D eigenvalue weighted by atomic mass is 10.3. The fraction of sp³-hybridized carbons (Fsp3) is 0.333. The maximum absolute atomic E-state index is 12.6.